The highest BCUT2D eigenvalue weighted by Gasteiger charge is 2.15. The molecule has 0 bridgehead atoms. The van der Waals surface area contributed by atoms with Gasteiger partial charge in [0.15, 0.2) is 11.9 Å². The Hall–Kier alpha value is -2.36. The summed E-state index contributed by atoms with van der Waals surface area (Å²) in [5.41, 5.74) is 1.33. The molecule has 0 fully saturated rings. The number of ether oxygens (including phenoxy) is 1. The second kappa shape index (κ2) is 5.33. The minimum atomic E-state index is -0.624. The number of fused-ring (bicyclic) bond motifs is 1. The van der Waals surface area contributed by atoms with Crippen LogP contribution >= 0.6 is 0 Å². The number of aryl methyl sites for hydroxylation is 1. The van der Waals surface area contributed by atoms with Crippen LogP contribution in [0.2, 0.25) is 0 Å². The topological polar surface area (TPSA) is 56.5 Å². The van der Waals surface area contributed by atoms with Crippen LogP contribution in [0.3, 0.4) is 0 Å². The van der Waals surface area contributed by atoms with Gasteiger partial charge in [0.05, 0.1) is 0 Å². The van der Waals surface area contributed by atoms with Gasteiger partial charge in [0.1, 0.15) is 11.3 Å². The summed E-state index contributed by atoms with van der Waals surface area (Å²) in [4.78, 5) is 23.1. The van der Waals surface area contributed by atoms with Crippen molar-refractivity contribution in [1.82, 2.24) is 0 Å². The van der Waals surface area contributed by atoms with E-state index in [0.29, 0.717) is 16.9 Å². The fourth-order valence-electron chi connectivity index (χ4n) is 1.98. The standard InChI is InChI=1S/C16H16O4/c1-9(2)16(18)11(4)19-12-5-6-13-10(3)7-15(17)20-14(13)8-12/h5-8,11H,1H2,2-4H3. The van der Waals surface area contributed by atoms with Crippen molar-refractivity contribution < 1.29 is 13.9 Å². The van der Waals surface area contributed by atoms with Crippen LogP contribution in [0.4, 0.5) is 0 Å². The fraction of sp³-hybridized carbons (Fsp3) is 0.250. The lowest BCUT2D eigenvalue weighted by Crippen LogP contribution is -2.24. The first-order valence-electron chi connectivity index (χ1n) is 6.29. The molecule has 4 heteroatoms. The first kappa shape index (κ1) is 14.1. The summed E-state index contributed by atoms with van der Waals surface area (Å²) in [6.45, 7) is 8.75. The van der Waals surface area contributed by atoms with Gasteiger partial charge in [0.25, 0.3) is 0 Å². The third-order valence-corrected chi connectivity index (χ3v) is 3.03. The fourth-order valence-corrected chi connectivity index (χ4v) is 1.98. The molecule has 0 aliphatic rings. The Morgan fingerprint density at radius 3 is 2.70 bits per heavy atom. The molecule has 1 atom stereocenters. The van der Waals surface area contributed by atoms with Crippen LogP contribution in [0, 0.1) is 6.92 Å². The van der Waals surface area contributed by atoms with E-state index in [2.05, 4.69) is 6.58 Å². The number of carbonyl (C=O) groups excluding carboxylic acids is 1. The number of carbonyl (C=O) groups is 1. The molecule has 0 N–H and O–H groups in total. The van der Waals surface area contributed by atoms with Crippen molar-refractivity contribution in [2.75, 3.05) is 0 Å². The number of Topliss-reactive ketones (excluding diaryl/α,β-unsaturated/α-hetero) is 1. The number of hydrogen-bond acceptors (Lipinski definition) is 4. The number of rotatable bonds is 4. The number of hydrogen-bond donors (Lipinski definition) is 0. The molecule has 1 unspecified atom stereocenters. The predicted octanol–water partition coefficient (Wildman–Crippen LogP) is 3.01. The second-order valence-electron chi connectivity index (χ2n) is 4.81. The van der Waals surface area contributed by atoms with Gasteiger partial charge in [-0.1, -0.05) is 6.58 Å². The molecule has 4 nitrogen and oxygen atoms in total. The number of ketones is 1. The zero-order chi connectivity index (χ0) is 14.9. The van der Waals surface area contributed by atoms with Gasteiger partial charge in [-0.05, 0) is 44.0 Å². The smallest absolute Gasteiger partial charge is 0.336 e. The Labute approximate surface area is 116 Å². The van der Waals surface area contributed by atoms with Gasteiger partial charge < -0.3 is 9.15 Å². The van der Waals surface area contributed by atoms with Crippen LogP contribution in [0.5, 0.6) is 5.75 Å². The zero-order valence-corrected chi connectivity index (χ0v) is 11.7. The van der Waals surface area contributed by atoms with E-state index in [1.807, 2.05) is 6.92 Å². The lowest BCUT2D eigenvalue weighted by atomic mass is 10.1. The largest absolute Gasteiger partial charge is 0.482 e. The van der Waals surface area contributed by atoms with E-state index >= 15 is 0 Å². The minimum Gasteiger partial charge on any atom is -0.482 e. The van der Waals surface area contributed by atoms with E-state index in [0.717, 1.165) is 10.9 Å². The molecular weight excluding hydrogens is 256 g/mol. The summed E-state index contributed by atoms with van der Waals surface area (Å²) in [5.74, 6) is 0.323. The van der Waals surface area contributed by atoms with Crippen LogP contribution in [0.25, 0.3) is 11.0 Å². The van der Waals surface area contributed by atoms with Crippen LogP contribution in [0.15, 0.2) is 45.6 Å². The molecular formula is C16H16O4. The Balaban J connectivity index is 2.35. The molecule has 1 aromatic heterocycles. The summed E-state index contributed by atoms with van der Waals surface area (Å²) in [6.07, 6.45) is -0.624. The van der Waals surface area contributed by atoms with Gasteiger partial charge in [0, 0.05) is 17.5 Å². The van der Waals surface area contributed by atoms with Gasteiger partial charge in [-0.25, -0.2) is 4.79 Å². The normalized spacial score (nSPS) is 12.2. The molecule has 0 aliphatic heterocycles. The second-order valence-corrected chi connectivity index (χ2v) is 4.81. The molecule has 2 rings (SSSR count). The van der Waals surface area contributed by atoms with Gasteiger partial charge >= 0.3 is 5.63 Å². The summed E-state index contributed by atoms with van der Waals surface area (Å²) >= 11 is 0. The molecule has 0 saturated carbocycles. The summed E-state index contributed by atoms with van der Waals surface area (Å²) in [5, 5.41) is 0.843. The Kier molecular flexibility index (Phi) is 3.74. The van der Waals surface area contributed by atoms with Crippen LogP contribution < -0.4 is 10.4 Å². The highest BCUT2D eigenvalue weighted by Crippen LogP contribution is 2.23. The first-order valence-corrected chi connectivity index (χ1v) is 6.29. The maximum absolute atomic E-state index is 11.7. The van der Waals surface area contributed by atoms with Crippen LogP contribution in [0.1, 0.15) is 19.4 Å². The van der Waals surface area contributed by atoms with Gasteiger partial charge in [-0.15, -0.1) is 0 Å². The van der Waals surface area contributed by atoms with Crippen molar-refractivity contribution in [2.45, 2.75) is 26.9 Å². The SMILES string of the molecule is C=C(C)C(=O)C(C)Oc1ccc2c(C)cc(=O)oc2c1. The summed E-state index contributed by atoms with van der Waals surface area (Å²) in [7, 11) is 0. The van der Waals surface area contributed by atoms with E-state index in [4.69, 9.17) is 9.15 Å². The molecule has 1 aromatic carbocycles. The van der Waals surface area contributed by atoms with Crippen molar-refractivity contribution in [1.29, 1.82) is 0 Å². The monoisotopic (exact) mass is 272 g/mol. The Bertz CT molecular complexity index is 740. The van der Waals surface area contributed by atoms with Crippen molar-refractivity contribution >= 4 is 16.8 Å². The Morgan fingerprint density at radius 1 is 1.35 bits per heavy atom. The van der Waals surface area contributed by atoms with Crippen molar-refractivity contribution in [3.8, 4) is 5.75 Å². The van der Waals surface area contributed by atoms with Gasteiger partial charge in [-0.3, -0.25) is 4.79 Å². The molecule has 0 radical (unpaired) electrons. The molecule has 0 aliphatic carbocycles. The van der Waals surface area contributed by atoms with Gasteiger partial charge in [0.2, 0.25) is 0 Å². The molecule has 0 amide bonds. The maximum Gasteiger partial charge on any atom is 0.336 e. The van der Waals surface area contributed by atoms with Gasteiger partial charge in [-0.2, -0.15) is 0 Å². The molecule has 104 valence electrons. The number of benzene rings is 1. The van der Waals surface area contributed by atoms with Crippen LogP contribution in [-0.2, 0) is 4.79 Å². The summed E-state index contributed by atoms with van der Waals surface area (Å²) in [6, 6.07) is 6.61. The van der Waals surface area contributed by atoms with Crippen molar-refractivity contribution in [2.24, 2.45) is 0 Å². The molecule has 0 spiro atoms. The first-order chi connectivity index (χ1) is 9.38. The van der Waals surface area contributed by atoms with Crippen LogP contribution in [-0.4, -0.2) is 11.9 Å². The van der Waals surface area contributed by atoms with E-state index in [-0.39, 0.29) is 5.78 Å². The average molecular weight is 272 g/mol. The predicted molar refractivity (Wildman–Crippen MR) is 77.1 cm³/mol. The molecule has 2 aromatic rings. The summed E-state index contributed by atoms with van der Waals surface area (Å²) < 4.78 is 10.7. The third kappa shape index (κ3) is 2.79. The average Bonchev–Trinajstić information content (AvgIpc) is 2.36. The zero-order valence-electron chi connectivity index (χ0n) is 11.7. The lowest BCUT2D eigenvalue weighted by molar-refractivity contribution is -0.121. The van der Waals surface area contributed by atoms with E-state index < -0.39 is 11.7 Å². The van der Waals surface area contributed by atoms with Crippen molar-refractivity contribution in [3.63, 3.8) is 0 Å². The van der Waals surface area contributed by atoms with E-state index in [1.54, 1.807) is 32.0 Å². The third-order valence-electron chi connectivity index (χ3n) is 3.03. The van der Waals surface area contributed by atoms with E-state index in [9.17, 15) is 9.59 Å². The highest BCUT2D eigenvalue weighted by atomic mass is 16.5. The van der Waals surface area contributed by atoms with E-state index in [1.165, 1.54) is 6.07 Å². The molecule has 1 heterocycles. The molecule has 20 heavy (non-hydrogen) atoms. The van der Waals surface area contributed by atoms with Crippen molar-refractivity contribution in [3.05, 3.63) is 52.4 Å². The lowest BCUT2D eigenvalue weighted by Gasteiger charge is -2.13. The minimum absolute atomic E-state index is 0.157. The highest BCUT2D eigenvalue weighted by molar-refractivity contribution is 5.97. The Morgan fingerprint density at radius 2 is 2.05 bits per heavy atom. The quantitative estimate of drug-likeness (QED) is 0.634. The maximum atomic E-state index is 11.7. The molecule has 0 saturated heterocycles.